The molecule has 0 fully saturated rings. The molecule has 0 saturated carbocycles. The van der Waals surface area contributed by atoms with Crippen molar-refractivity contribution in [3.05, 3.63) is 56.8 Å². The molecule has 0 aliphatic carbocycles. The summed E-state index contributed by atoms with van der Waals surface area (Å²) in [5.74, 6) is -0.824. The Kier molecular flexibility index (Phi) is 4.49. The molecule has 3 amide bonds. The minimum atomic E-state index is -0.326. The maximum Gasteiger partial charge on any atom is 0.261 e. The molecule has 1 aromatic carbocycles. The molecule has 0 spiro atoms. The Hall–Kier alpha value is -2.47. The first-order chi connectivity index (χ1) is 11.5. The van der Waals surface area contributed by atoms with Gasteiger partial charge in [0.2, 0.25) is 5.91 Å². The lowest BCUT2D eigenvalue weighted by Gasteiger charge is -2.13. The van der Waals surface area contributed by atoms with Gasteiger partial charge in [0.25, 0.3) is 11.8 Å². The van der Waals surface area contributed by atoms with Gasteiger partial charge in [0.1, 0.15) is 0 Å². The number of rotatable bonds is 5. The van der Waals surface area contributed by atoms with Crippen molar-refractivity contribution in [1.82, 2.24) is 10.2 Å². The van der Waals surface area contributed by atoms with Crippen LogP contribution in [-0.2, 0) is 11.3 Å². The van der Waals surface area contributed by atoms with E-state index in [1.165, 1.54) is 10.4 Å². The highest BCUT2D eigenvalue weighted by atomic mass is 32.1. The van der Waals surface area contributed by atoms with E-state index in [-0.39, 0.29) is 30.7 Å². The topological polar surface area (TPSA) is 66.5 Å². The van der Waals surface area contributed by atoms with E-state index in [9.17, 15) is 14.4 Å². The molecular weight excluding hydrogens is 324 g/mol. The highest BCUT2D eigenvalue weighted by Crippen LogP contribution is 2.22. The molecule has 5 nitrogen and oxygen atoms in total. The standard InChI is InChI=1S/C18H18N2O3S/c1-11-12(2)24-10-13(11)9-19-16(21)7-8-20-17(22)14-5-3-4-6-15(14)18(20)23/h3-6,10H,7-9H2,1-2H3,(H,19,21). The van der Waals surface area contributed by atoms with Gasteiger partial charge in [-0.3, -0.25) is 19.3 Å². The number of aryl methyl sites for hydroxylation is 1. The summed E-state index contributed by atoms with van der Waals surface area (Å²) >= 11 is 1.66. The van der Waals surface area contributed by atoms with Gasteiger partial charge >= 0.3 is 0 Å². The Morgan fingerprint density at radius 1 is 1.12 bits per heavy atom. The zero-order valence-corrected chi connectivity index (χ0v) is 14.4. The van der Waals surface area contributed by atoms with Gasteiger partial charge in [-0.15, -0.1) is 11.3 Å². The van der Waals surface area contributed by atoms with Gasteiger partial charge in [0, 0.05) is 24.4 Å². The van der Waals surface area contributed by atoms with Crippen molar-refractivity contribution in [1.29, 1.82) is 0 Å². The molecular formula is C18H18N2O3S. The highest BCUT2D eigenvalue weighted by Gasteiger charge is 2.34. The monoisotopic (exact) mass is 342 g/mol. The third-order valence-corrected chi connectivity index (χ3v) is 5.37. The Labute approximate surface area is 144 Å². The van der Waals surface area contributed by atoms with E-state index in [2.05, 4.69) is 5.32 Å². The molecule has 0 unspecified atom stereocenters. The molecule has 1 aliphatic heterocycles. The number of carbonyl (C=O) groups is 3. The normalized spacial score (nSPS) is 13.3. The lowest BCUT2D eigenvalue weighted by Crippen LogP contribution is -2.34. The average molecular weight is 342 g/mol. The van der Waals surface area contributed by atoms with Crippen LogP contribution in [0.15, 0.2) is 29.6 Å². The summed E-state index contributed by atoms with van der Waals surface area (Å²) in [6.07, 6.45) is 0.105. The Balaban J connectivity index is 1.55. The summed E-state index contributed by atoms with van der Waals surface area (Å²) in [7, 11) is 0. The van der Waals surface area contributed by atoms with Gasteiger partial charge in [-0.1, -0.05) is 12.1 Å². The van der Waals surface area contributed by atoms with Crippen LogP contribution in [0.5, 0.6) is 0 Å². The van der Waals surface area contributed by atoms with Gasteiger partial charge in [-0.25, -0.2) is 0 Å². The molecule has 6 heteroatoms. The van der Waals surface area contributed by atoms with Crippen LogP contribution in [0.25, 0.3) is 0 Å². The van der Waals surface area contributed by atoms with E-state index < -0.39 is 0 Å². The molecule has 0 bridgehead atoms. The number of nitrogens with zero attached hydrogens (tertiary/aromatic N) is 1. The highest BCUT2D eigenvalue weighted by molar-refractivity contribution is 7.10. The van der Waals surface area contributed by atoms with Gasteiger partial charge in [0.05, 0.1) is 11.1 Å². The summed E-state index contributed by atoms with van der Waals surface area (Å²) in [5.41, 5.74) is 3.12. The lowest BCUT2D eigenvalue weighted by molar-refractivity contribution is -0.121. The predicted molar refractivity (Wildman–Crippen MR) is 92.1 cm³/mol. The lowest BCUT2D eigenvalue weighted by atomic mass is 10.1. The van der Waals surface area contributed by atoms with Crippen molar-refractivity contribution in [2.45, 2.75) is 26.8 Å². The fraction of sp³-hybridized carbons (Fsp3) is 0.278. The minimum Gasteiger partial charge on any atom is -0.352 e. The fourth-order valence-corrected chi connectivity index (χ4v) is 3.56. The number of hydrogen-bond donors (Lipinski definition) is 1. The van der Waals surface area contributed by atoms with Crippen LogP contribution in [0.2, 0.25) is 0 Å². The summed E-state index contributed by atoms with van der Waals surface area (Å²) in [6, 6.07) is 6.73. The van der Waals surface area contributed by atoms with E-state index in [1.54, 1.807) is 35.6 Å². The molecule has 2 aromatic rings. The molecule has 2 heterocycles. The SMILES string of the molecule is Cc1scc(CNC(=O)CCN2C(=O)c3ccccc3C2=O)c1C. The summed E-state index contributed by atoms with van der Waals surface area (Å²) in [6.45, 7) is 4.65. The van der Waals surface area contributed by atoms with Crippen LogP contribution in [0.1, 0.15) is 43.1 Å². The zero-order valence-electron chi connectivity index (χ0n) is 13.6. The number of thiophene rings is 1. The number of hydrogen-bond acceptors (Lipinski definition) is 4. The number of nitrogens with one attached hydrogen (secondary N) is 1. The number of amides is 3. The number of benzene rings is 1. The first-order valence-electron chi connectivity index (χ1n) is 7.74. The van der Waals surface area contributed by atoms with Gasteiger partial charge in [-0.2, -0.15) is 0 Å². The number of fused-ring (bicyclic) bond motifs is 1. The van der Waals surface area contributed by atoms with Crippen molar-refractivity contribution >= 4 is 29.1 Å². The smallest absolute Gasteiger partial charge is 0.261 e. The van der Waals surface area contributed by atoms with Crippen LogP contribution < -0.4 is 5.32 Å². The van der Waals surface area contributed by atoms with E-state index in [0.717, 1.165) is 10.5 Å². The molecule has 1 aliphatic rings. The van der Waals surface area contributed by atoms with Crippen LogP contribution in [0.4, 0.5) is 0 Å². The predicted octanol–water partition coefficient (Wildman–Crippen LogP) is 2.67. The van der Waals surface area contributed by atoms with Gasteiger partial charge in [0.15, 0.2) is 0 Å². The van der Waals surface area contributed by atoms with Crippen LogP contribution in [0.3, 0.4) is 0 Å². The molecule has 124 valence electrons. The third kappa shape index (κ3) is 2.97. The third-order valence-electron chi connectivity index (χ3n) is 4.30. The summed E-state index contributed by atoms with van der Waals surface area (Å²) in [5, 5.41) is 4.88. The fourth-order valence-electron chi connectivity index (χ4n) is 2.67. The second kappa shape index (κ2) is 6.57. The molecule has 0 radical (unpaired) electrons. The van der Waals surface area contributed by atoms with Crippen LogP contribution in [-0.4, -0.2) is 29.2 Å². The van der Waals surface area contributed by atoms with Gasteiger partial charge < -0.3 is 5.32 Å². The maximum absolute atomic E-state index is 12.2. The molecule has 1 N–H and O–H groups in total. The number of carbonyl (C=O) groups excluding carboxylic acids is 3. The minimum absolute atomic E-state index is 0.0971. The van der Waals surface area contributed by atoms with Gasteiger partial charge in [-0.05, 0) is 42.5 Å². The van der Waals surface area contributed by atoms with Crippen molar-refractivity contribution in [2.24, 2.45) is 0 Å². The molecule has 0 atom stereocenters. The second-order valence-electron chi connectivity index (χ2n) is 5.78. The van der Waals surface area contributed by atoms with Crippen molar-refractivity contribution in [3.63, 3.8) is 0 Å². The van der Waals surface area contributed by atoms with E-state index in [0.29, 0.717) is 17.7 Å². The van der Waals surface area contributed by atoms with Crippen molar-refractivity contribution < 1.29 is 14.4 Å². The van der Waals surface area contributed by atoms with E-state index >= 15 is 0 Å². The first-order valence-corrected chi connectivity index (χ1v) is 8.62. The maximum atomic E-state index is 12.2. The largest absolute Gasteiger partial charge is 0.352 e. The second-order valence-corrected chi connectivity index (χ2v) is 6.86. The first kappa shape index (κ1) is 16.4. The summed E-state index contributed by atoms with van der Waals surface area (Å²) in [4.78, 5) is 38.8. The van der Waals surface area contributed by atoms with E-state index in [1.807, 2.05) is 19.2 Å². The number of imide groups is 1. The Bertz CT molecular complexity index is 790. The van der Waals surface area contributed by atoms with Crippen LogP contribution in [0, 0.1) is 13.8 Å². The molecule has 1 aromatic heterocycles. The van der Waals surface area contributed by atoms with Crippen molar-refractivity contribution in [2.75, 3.05) is 6.54 Å². The van der Waals surface area contributed by atoms with Crippen molar-refractivity contribution in [3.8, 4) is 0 Å². The average Bonchev–Trinajstić information content (AvgIpc) is 3.03. The molecule has 3 rings (SSSR count). The van der Waals surface area contributed by atoms with Crippen LogP contribution >= 0.6 is 11.3 Å². The van der Waals surface area contributed by atoms with E-state index in [4.69, 9.17) is 0 Å². The Morgan fingerprint density at radius 2 is 1.75 bits per heavy atom. The summed E-state index contributed by atoms with van der Waals surface area (Å²) < 4.78 is 0. The Morgan fingerprint density at radius 3 is 2.29 bits per heavy atom. The molecule has 0 saturated heterocycles. The quantitative estimate of drug-likeness (QED) is 0.850. The molecule has 24 heavy (non-hydrogen) atoms. The zero-order chi connectivity index (χ0) is 17.3.